The molecular weight excluding hydrogens is 280 g/mol. The summed E-state index contributed by atoms with van der Waals surface area (Å²) in [5, 5.41) is 4.55. The molecule has 2 N–H and O–H groups in total. The highest BCUT2D eigenvalue weighted by molar-refractivity contribution is 5.81. The zero-order chi connectivity index (χ0) is 15.5. The normalized spacial score (nSPS) is 17.0. The molecule has 3 rings (SSSR count). The second kappa shape index (κ2) is 6.31. The van der Waals surface area contributed by atoms with E-state index in [9.17, 15) is 4.79 Å². The number of hydrogen-bond acceptors (Lipinski definition) is 5. The third kappa shape index (κ3) is 2.89. The Morgan fingerprint density at radius 1 is 1.32 bits per heavy atom. The van der Waals surface area contributed by atoms with Crippen molar-refractivity contribution >= 4 is 17.4 Å². The number of nitrogens with two attached hydrogens (primary N) is 1. The van der Waals surface area contributed by atoms with Crippen LogP contribution in [0.2, 0.25) is 0 Å². The minimum absolute atomic E-state index is 0.0690. The fourth-order valence-electron chi connectivity index (χ4n) is 2.80. The number of amides is 1. The third-order valence-corrected chi connectivity index (χ3v) is 4.07. The van der Waals surface area contributed by atoms with Crippen molar-refractivity contribution in [2.75, 3.05) is 31.1 Å². The van der Waals surface area contributed by atoms with Crippen LogP contribution in [0.1, 0.15) is 19.8 Å². The maximum atomic E-state index is 12.2. The molecule has 22 heavy (non-hydrogen) atoms. The van der Waals surface area contributed by atoms with Gasteiger partial charge in [0, 0.05) is 38.6 Å². The van der Waals surface area contributed by atoms with Gasteiger partial charge in [-0.15, -0.1) is 5.10 Å². The van der Waals surface area contributed by atoms with Crippen LogP contribution in [0.4, 0.5) is 5.82 Å². The zero-order valence-corrected chi connectivity index (χ0v) is 12.9. The maximum absolute atomic E-state index is 12.2. The molecule has 1 amide bonds. The topological polar surface area (TPSA) is 79.8 Å². The van der Waals surface area contributed by atoms with Crippen LogP contribution < -0.4 is 10.6 Å². The second-order valence-corrected chi connectivity index (χ2v) is 5.63. The molecule has 1 aliphatic rings. The second-order valence-electron chi connectivity index (χ2n) is 5.63. The molecule has 0 saturated carbocycles. The Labute approximate surface area is 129 Å². The maximum Gasteiger partial charge on any atom is 0.239 e. The predicted octanol–water partition coefficient (Wildman–Crippen LogP) is 0.505. The first kappa shape index (κ1) is 14.8. The summed E-state index contributed by atoms with van der Waals surface area (Å²) in [4.78, 5) is 20.5. The van der Waals surface area contributed by atoms with Crippen molar-refractivity contribution < 1.29 is 4.79 Å². The molecule has 0 unspecified atom stereocenters. The summed E-state index contributed by atoms with van der Waals surface area (Å²) in [6.45, 7) is 4.98. The third-order valence-electron chi connectivity index (χ3n) is 4.07. The Morgan fingerprint density at radius 2 is 2.09 bits per heavy atom. The van der Waals surface area contributed by atoms with E-state index in [1.54, 1.807) is 10.7 Å². The number of carbonyl (C=O) groups is 1. The van der Waals surface area contributed by atoms with Gasteiger partial charge in [0.05, 0.1) is 6.04 Å². The van der Waals surface area contributed by atoms with Gasteiger partial charge in [0.15, 0.2) is 5.65 Å². The van der Waals surface area contributed by atoms with E-state index in [2.05, 4.69) is 15.0 Å². The number of carbonyl (C=O) groups excluding carboxylic acids is 1. The van der Waals surface area contributed by atoms with Crippen LogP contribution in [0.3, 0.4) is 0 Å². The molecular formula is C15H22N6O. The largest absolute Gasteiger partial charge is 0.352 e. The summed E-state index contributed by atoms with van der Waals surface area (Å²) in [7, 11) is 0. The van der Waals surface area contributed by atoms with E-state index in [-0.39, 0.29) is 11.9 Å². The molecule has 0 aromatic carbocycles. The molecule has 7 nitrogen and oxygen atoms in total. The van der Waals surface area contributed by atoms with Gasteiger partial charge in [0.1, 0.15) is 5.82 Å². The first-order chi connectivity index (χ1) is 10.7. The lowest BCUT2D eigenvalue weighted by Gasteiger charge is -2.36. The van der Waals surface area contributed by atoms with Gasteiger partial charge in [-0.3, -0.25) is 4.79 Å². The van der Waals surface area contributed by atoms with Gasteiger partial charge in [0.2, 0.25) is 5.91 Å². The average Bonchev–Trinajstić information content (AvgIpc) is 3.02. The highest BCUT2D eigenvalue weighted by Gasteiger charge is 2.25. The van der Waals surface area contributed by atoms with Crippen LogP contribution in [0.5, 0.6) is 0 Å². The van der Waals surface area contributed by atoms with Crippen LogP contribution in [-0.2, 0) is 4.79 Å². The van der Waals surface area contributed by atoms with Gasteiger partial charge in [-0.2, -0.15) is 0 Å². The van der Waals surface area contributed by atoms with Crippen molar-refractivity contribution in [3.8, 4) is 0 Å². The van der Waals surface area contributed by atoms with Crippen molar-refractivity contribution in [3.63, 3.8) is 0 Å². The van der Waals surface area contributed by atoms with E-state index < -0.39 is 0 Å². The number of aromatic nitrogens is 3. The van der Waals surface area contributed by atoms with E-state index in [1.807, 2.05) is 30.2 Å². The van der Waals surface area contributed by atoms with Crippen LogP contribution in [0.25, 0.3) is 5.65 Å². The summed E-state index contributed by atoms with van der Waals surface area (Å²) in [6.07, 6.45) is 5.25. The minimum atomic E-state index is -0.364. The van der Waals surface area contributed by atoms with E-state index >= 15 is 0 Å². The average molecular weight is 302 g/mol. The van der Waals surface area contributed by atoms with Gasteiger partial charge in [-0.25, -0.2) is 9.50 Å². The fraction of sp³-hybridized carbons (Fsp3) is 0.533. The fourth-order valence-corrected chi connectivity index (χ4v) is 2.80. The first-order valence-corrected chi connectivity index (χ1v) is 7.78. The Kier molecular flexibility index (Phi) is 4.24. The lowest BCUT2D eigenvalue weighted by molar-refractivity contribution is -0.133. The number of nitrogens with zero attached hydrogens (tertiary/aromatic N) is 5. The molecule has 2 aromatic rings. The summed E-state index contributed by atoms with van der Waals surface area (Å²) < 4.78 is 1.77. The first-order valence-electron chi connectivity index (χ1n) is 7.78. The highest BCUT2D eigenvalue weighted by atomic mass is 16.2. The Morgan fingerprint density at radius 3 is 2.82 bits per heavy atom. The Bertz CT molecular complexity index is 646. The van der Waals surface area contributed by atoms with Crippen LogP contribution in [0, 0.1) is 0 Å². The Balaban J connectivity index is 1.62. The van der Waals surface area contributed by atoms with Crippen molar-refractivity contribution in [2.45, 2.75) is 25.8 Å². The highest BCUT2D eigenvalue weighted by Crippen LogP contribution is 2.15. The molecule has 1 aliphatic heterocycles. The van der Waals surface area contributed by atoms with Crippen LogP contribution in [-0.4, -0.2) is 57.6 Å². The number of fused-ring (bicyclic) bond motifs is 1. The molecule has 1 saturated heterocycles. The SMILES string of the molecule is CCC[C@H](N)C(=O)N1CCN(c2ccc3nccn3n2)CC1. The summed E-state index contributed by atoms with van der Waals surface area (Å²) in [5.41, 5.74) is 6.76. The predicted molar refractivity (Wildman–Crippen MR) is 84.7 cm³/mol. The quantitative estimate of drug-likeness (QED) is 0.890. The Hall–Kier alpha value is -2.15. The van der Waals surface area contributed by atoms with Gasteiger partial charge in [0.25, 0.3) is 0 Å². The van der Waals surface area contributed by atoms with Crippen molar-refractivity contribution in [3.05, 3.63) is 24.5 Å². The van der Waals surface area contributed by atoms with E-state index in [1.165, 1.54) is 0 Å². The number of piperazine rings is 1. The smallest absolute Gasteiger partial charge is 0.239 e. The molecule has 118 valence electrons. The zero-order valence-electron chi connectivity index (χ0n) is 12.9. The number of imidazole rings is 1. The molecule has 1 atom stereocenters. The summed E-state index contributed by atoms with van der Waals surface area (Å²) in [6, 6.07) is 3.57. The molecule has 7 heteroatoms. The molecule has 0 radical (unpaired) electrons. The number of rotatable bonds is 4. The molecule has 3 heterocycles. The van der Waals surface area contributed by atoms with Crippen LogP contribution in [0.15, 0.2) is 24.5 Å². The molecule has 0 bridgehead atoms. The summed E-state index contributed by atoms with van der Waals surface area (Å²) >= 11 is 0. The molecule has 0 aliphatic carbocycles. The van der Waals surface area contributed by atoms with E-state index in [4.69, 9.17) is 5.73 Å². The number of anilines is 1. The van der Waals surface area contributed by atoms with Crippen LogP contribution >= 0.6 is 0 Å². The molecule has 0 spiro atoms. The van der Waals surface area contributed by atoms with Crippen molar-refractivity contribution in [1.29, 1.82) is 0 Å². The molecule has 1 fully saturated rings. The minimum Gasteiger partial charge on any atom is -0.352 e. The van der Waals surface area contributed by atoms with E-state index in [0.717, 1.165) is 37.4 Å². The van der Waals surface area contributed by atoms with Crippen molar-refractivity contribution in [2.24, 2.45) is 5.73 Å². The standard InChI is InChI=1S/C15H22N6O/c1-2-3-12(16)15(22)20-10-8-19(9-11-20)14-5-4-13-17-6-7-21(13)18-14/h4-7,12H,2-3,8-11,16H2,1H3/t12-/m0/s1. The van der Waals surface area contributed by atoms with Gasteiger partial charge < -0.3 is 15.5 Å². The van der Waals surface area contributed by atoms with Gasteiger partial charge in [-0.05, 0) is 18.6 Å². The van der Waals surface area contributed by atoms with E-state index in [0.29, 0.717) is 13.1 Å². The summed E-state index contributed by atoms with van der Waals surface area (Å²) in [5.74, 6) is 0.981. The van der Waals surface area contributed by atoms with Gasteiger partial charge >= 0.3 is 0 Å². The lowest BCUT2D eigenvalue weighted by atomic mass is 10.1. The number of hydrogen-bond donors (Lipinski definition) is 1. The molecule has 2 aromatic heterocycles. The lowest BCUT2D eigenvalue weighted by Crippen LogP contribution is -2.53. The van der Waals surface area contributed by atoms with Crippen molar-refractivity contribution in [1.82, 2.24) is 19.5 Å². The monoisotopic (exact) mass is 302 g/mol. The van der Waals surface area contributed by atoms with Gasteiger partial charge in [-0.1, -0.05) is 13.3 Å².